The number of hydrogen-bond donors (Lipinski definition) is 1. The first-order valence-electron chi connectivity index (χ1n) is 6.46. The lowest BCUT2D eigenvalue weighted by Gasteiger charge is -2.09. The summed E-state index contributed by atoms with van der Waals surface area (Å²) in [6.45, 7) is 3.73. The summed E-state index contributed by atoms with van der Waals surface area (Å²) in [4.78, 5) is 4.12. The Morgan fingerprint density at radius 3 is 3.06 bits per heavy atom. The van der Waals surface area contributed by atoms with E-state index in [9.17, 15) is 0 Å². The quantitative estimate of drug-likeness (QED) is 0.602. The van der Waals surface area contributed by atoms with Crippen LogP contribution in [0.5, 0.6) is 0 Å². The maximum Gasteiger partial charge on any atom is 0.0892 e. The number of unbranched alkanes of at least 4 members (excludes halogenated alkanes) is 3. The van der Waals surface area contributed by atoms with E-state index < -0.39 is 0 Å². The van der Waals surface area contributed by atoms with Gasteiger partial charge in [-0.2, -0.15) is 5.10 Å². The molecule has 2 rings (SSSR count). The van der Waals surface area contributed by atoms with E-state index in [1.54, 1.807) is 6.20 Å². The second kappa shape index (κ2) is 6.31. The minimum atomic E-state index is 0.0513. The molecule has 4 nitrogen and oxygen atoms in total. The molecule has 2 N–H and O–H groups in total. The van der Waals surface area contributed by atoms with Gasteiger partial charge in [-0.3, -0.25) is 4.98 Å². The molecule has 0 fully saturated rings. The Morgan fingerprint density at radius 1 is 1.33 bits per heavy atom. The van der Waals surface area contributed by atoms with Gasteiger partial charge in [-0.1, -0.05) is 18.9 Å². The van der Waals surface area contributed by atoms with Crippen LogP contribution >= 0.6 is 0 Å². The molecule has 18 heavy (non-hydrogen) atoms. The van der Waals surface area contributed by atoms with Crippen LogP contribution in [-0.4, -0.2) is 14.6 Å². The third kappa shape index (κ3) is 2.96. The molecule has 0 amide bonds. The van der Waals surface area contributed by atoms with E-state index in [1.807, 2.05) is 29.2 Å². The first-order chi connectivity index (χ1) is 8.83. The maximum absolute atomic E-state index is 6.22. The van der Waals surface area contributed by atoms with E-state index in [1.165, 1.54) is 12.8 Å². The summed E-state index contributed by atoms with van der Waals surface area (Å²) in [5, 5.41) is 4.28. The van der Waals surface area contributed by atoms with Gasteiger partial charge in [0.2, 0.25) is 0 Å². The van der Waals surface area contributed by atoms with Gasteiger partial charge >= 0.3 is 0 Å². The Morgan fingerprint density at radius 2 is 2.22 bits per heavy atom. The second-order valence-corrected chi connectivity index (χ2v) is 4.54. The molecule has 2 heterocycles. The minimum Gasteiger partial charge on any atom is -0.324 e. The van der Waals surface area contributed by atoms with Gasteiger partial charge in [0.25, 0.3) is 0 Å². The van der Waals surface area contributed by atoms with E-state index >= 15 is 0 Å². The fourth-order valence-electron chi connectivity index (χ4n) is 2.12. The number of nitrogens with zero attached hydrogens (tertiary/aromatic N) is 3. The zero-order valence-electron chi connectivity index (χ0n) is 10.6. The highest BCUT2D eigenvalue weighted by Gasteiger charge is 2.11. The van der Waals surface area contributed by atoms with Crippen LogP contribution in [0, 0.1) is 0 Å². The summed E-state index contributed by atoms with van der Waals surface area (Å²) in [6, 6.07) is 0.0513. The fourth-order valence-corrected chi connectivity index (χ4v) is 2.12. The smallest absolute Gasteiger partial charge is 0.0892 e. The van der Waals surface area contributed by atoms with Gasteiger partial charge in [-0.25, -0.2) is 4.52 Å². The van der Waals surface area contributed by atoms with Crippen molar-refractivity contribution in [1.29, 1.82) is 0 Å². The average molecular weight is 244 g/mol. The molecular weight excluding hydrogens is 224 g/mol. The van der Waals surface area contributed by atoms with Gasteiger partial charge in [0.05, 0.1) is 17.9 Å². The minimum absolute atomic E-state index is 0.0513. The predicted molar refractivity (Wildman–Crippen MR) is 73.2 cm³/mol. The maximum atomic E-state index is 6.22. The van der Waals surface area contributed by atoms with Gasteiger partial charge in [0, 0.05) is 24.0 Å². The first kappa shape index (κ1) is 12.8. The third-order valence-corrected chi connectivity index (χ3v) is 3.18. The molecule has 0 spiro atoms. The second-order valence-electron chi connectivity index (χ2n) is 4.54. The van der Waals surface area contributed by atoms with Crippen molar-refractivity contribution in [1.82, 2.24) is 14.6 Å². The summed E-state index contributed by atoms with van der Waals surface area (Å²) in [7, 11) is 0. The van der Waals surface area contributed by atoms with E-state index in [4.69, 9.17) is 5.73 Å². The van der Waals surface area contributed by atoms with Crippen LogP contribution in [0.3, 0.4) is 0 Å². The molecule has 0 aliphatic heterocycles. The summed E-state index contributed by atoms with van der Waals surface area (Å²) in [5.41, 5.74) is 8.32. The third-order valence-electron chi connectivity index (χ3n) is 3.18. The molecule has 1 unspecified atom stereocenters. The number of hydrogen-bond acceptors (Lipinski definition) is 3. The van der Waals surface area contributed by atoms with Gasteiger partial charge in [0.1, 0.15) is 0 Å². The molecule has 0 saturated carbocycles. The molecule has 0 aliphatic rings. The van der Waals surface area contributed by atoms with Crippen molar-refractivity contribution in [2.45, 2.75) is 38.1 Å². The van der Waals surface area contributed by atoms with Crippen LogP contribution < -0.4 is 5.73 Å². The monoisotopic (exact) mass is 244 g/mol. The summed E-state index contributed by atoms with van der Waals surface area (Å²) in [5.74, 6) is 0. The van der Waals surface area contributed by atoms with Gasteiger partial charge in [-0.05, 0) is 19.3 Å². The normalized spacial score (nSPS) is 12.7. The van der Waals surface area contributed by atoms with E-state index in [-0.39, 0.29) is 6.04 Å². The van der Waals surface area contributed by atoms with E-state index in [0.29, 0.717) is 0 Å². The van der Waals surface area contributed by atoms with Crippen molar-refractivity contribution >= 4 is 5.52 Å². The lowest BCUT2D eigenvalue weighted by Crippen LogP contribution is -2.09. The van der Waals surface area contributed by atoms with Crippen molar-refractivity contribution in [3.05, 3.63) is 43.0 Å². The van der Waals surface area contributed by atoms with Gasteiger partial charge < -0.3 is 5.73 Å². The Kier molecular flexibility index (Phi) is 4.47. The van der Waals surface area contributed by atoms with Crippen LogP contribution in [0.15, 0.2) is 37.4 Å². The van der Waals surface area contributed by atoms with Gasteiger partial charge in [-0.15, -0.1) is 6.58 Å². The summed E-state index contributed by atoms with van der Waals surface area (Å²) in [6.07, 6.45) is 14.8. The van der Waals surface area contributed by atoms with Crippen LogP contribution in [-0.2, 0) is 0 Å². The lowest BCUT2D eigenvalue weighted by molar-refractivity contribution is 0.574. The van der Waals surface area contributed by atoms with Crippen molar-refractivity contribution in [3.8, 4) is 0 Å². The number of aromatic nitrogens is 3. The number of rotatable bonds is 7. The van der Waals surface area contributed by atoms with Crippen molar-refractivity contribution in [2.75, 3.05) is 0 Å². The lowest BCUT2D eigenvalue weighted by atomic mass is 10.0. The largest absolute Gasteiger partial charge is 0.324 e. The van der Waals surface area contributed by atoms with E-state index in [2.05, 4.69) is 16.7 Å². The topological polar surface area (TPSA) is 56.2 Å². The fraction of sp³-hybridized carbons (Fsp3) is 0.429. The molecule has 2 aromatic heterocycles. The highest BCUT2D eigenvalue weighted by molar-refractivity contribution is 5.52. The number of allylic oxidation sites excluding steroid dienone is 1. The Balaban J connectivity index is 1.92. The molecule has 2 aromatic rings. The van der Waals surface area contributed by atoms with Crippen molar-refractivity contribution in [3.63, 3.8) is 0 Å². The molecule has 0 bridgehead atoms. The zero-order valence-corrected chi connectivity index (χ0v) is 10.6. The van der Waals surface area contributed by atoms with E-state index in [0.717, 1.165) is 30.3 Å². The SMILES string of the molecule is C=CCCCCCC(N)c1cnn2ccncc12. The molecule has 0 aliphatic carbocycles. The first-order valence-corrected chi connectivity index (χ1v) is 6.46. The van der Waals surface area contributed by atoms with Gasteiger partial charge in [0.15, 0.2) is 0 Å². The summed E-state index contributed by atoms with van der Waals surface area (Å²) < 4.78 is 1.82. The average Bonchev–Trinajstić information content (AvgIpc) is 2.82. The van der Waals surface area contributed by atoms with Crippen molar-refractivity contribution < 1.29 is 0 Å². The van der Waals surface area contributed by atoms with Crippen LogP contribution in [0.4, 0.5) is 0 Å². The highest BCUT2D eigenvalue weighted by Crippen LogP contribution is 2.21. The van der Waals surface area contributed by atoms with Crippen LogP contribution in [0.25, 0.3) is 5.52 Å². The van der Waals surface area contributed by atoms with Crippen molar-refractivity contribution in [2.24, 2.45) is 5.73 Å². The Bertz CT molecular complexity index is 503. The molecular formula is C14H20N4. The molecule has 96 valence electrons. The molecule has 1 atom stereocenters. The molecule has 0 aromatic carbocycles. The standard InChI is InChI=1S/C14H20N4/c1-2-3-4-5-6-7-13(15)12-10-17-18-9-8-16-11-14(12)18/h2,8-11,13H,1,3-7,15H2. The molecule has 0 saturated heterocycles. The predicted octanol–water partition coefficient (Wildman–Crippen LogP) is 2.87. The molecule has 4 heteroatoms. The number of fused-ring (bicyclic) bond motifs is 1. The number of nitrogens with two attached hydrogens (primary N) is 1. The van der Waals surface area contributed by atoms with Crippen LogP contribution in [0.1, 0.15) is 43.7 Å². The summed E-state index contributed by atoms with van der Waals surface area (Å²) >= 11 is 0. The van der Waals surface area contributed by atoms with Crippen LogP contribution in [0.2, 0.25) is 0 Å². The Hall–Kier alpha value is -1.68. The Labute approximate surface area is 108 Å². The zero-order chi connectivity index (χ0) is 12.8. The highest BCUT2D eigenvalue weighted by atomic mass is 15.2. The molecule has 0 radical (unpaired) electrons.